The van der Waals surface area contributed by atoms with E-state index in [1.165, 1.54) is 0 Å². The maximum absolute atomic E-state index is 14.2. The molecule has 1 aliphatic carbocycles. The van der Waals surface area contributed by atoms with Gasteiger partial charge in [-0.25, -0.2) is 0 Å². The van der Waals surface area contributed by atoms with E-state index in [9.17, 15) is 9.59 Å². The lowest BCUT2D eigenvalue weighted by molar-refractivity contribution is 0.0369. The van der Waals surface area contributed by atoms with Crippen molar-refractivity contribution in [1.82, 2.24) is 19.3 Å². The lowest BCUT2D eigenvalue weighted by Gasteiger charge is -2.32. The van der Waals surface area contributed by atoms with Gasteiger partial charge in [0.05, 0.1) is 43.6 Å². The number of rotatable bonds is 10. The predicted octanol–water partition coefficient (Wildman–Crippen LogP) is 2.69. The van der Waals surface area contributed by atoms with Crippen LogP contribution in [0.1, 0.15) is 28.8 Å². The number of hydrogen-bond acceptors (Lipinski definition) is 10. The molecule has 0 atom stereocenters. The Hall–Kier alpha value is -3.64. The predicted molar refractivity (Wildman–Crippen MR) is 166 cm³/mol. The van der Waals surface area contributed by atoms with Gasteiger partial charge in [-0.05, 0) is 44.2 Å². The van der Waals surface area contributed by atoms with Crippen molar-refractivity contribution in [3.63, 3.8) is 0 Å². The quantitative estimate of drug-likeness (QED) is 0.252. The van der Waals surface area contributed by atoms with E-state index in [4.69, 9.17) is 23.7 Å². The van der Waals surface area contributed by atoms with Gasteiger partial charge in [0.25, 0.3) is 5.56 Å². The molecule has 234 valence electrons. The molecule has 0 unspecified atom stereocenters. The number of ether oxygens (including phenoxy) is 5. The van der Waals surface area contributed by atoms with Crippen LogP contribution in [0.5, 0.6) is 23.0 Å². The van der Waals surface area contributed by atoms with Crippen molar-refractivity contribution in [1.29, 1.82) is 0 Å². The van der Waals surface area contributed by atoms with Crippen LogP contribution in [0.3, 0.4) is 0 Å². The van der Waals surface area contributed by atoms with Crippen LogP contribution in [-0.2, 0) is 11.3 Å². The molecule has 0 radical (unpaired) electrons. The first-order valence-electron chi connectivity index (χ1n) is 15.6. The molecule has 3 aliphatic heterocycles. The Morgan fingerprint density at radius 1 is 0.773 bits per heavy atom. The monoisotopic (exact) mass is 604 g/mol. The average Bonchev–Trinajstić information content (AvgIpc) is 3.62. The second-order valence-electron chi connectivity index (χ2n) is 12.0. The molecule has 1 aromatic heterocycles. The lowest BCUT2D eigenvalue weighted by Crippen LogP contribution is -2.44. The number of hydrogen-bond donors (Lipinski definition) is 0. The zero-order chi connectivity index (χ0) is 30.2. The van der Waals surface area contributed by atoms with Gasteiger partial charge in [0.2, 0.25) is 6.79 Å². The molecule has 44 heavy (non-hydrogen) atoms. The first-order valence-corrected chi connectivity index (χ1v) is 15.6. The molecule has 0 bridgehead atoms. The summed E-state index contributed by atoms with van der Waals surface area (Å²) in [4.78, 5) is 35.5. The summed E-state index contributed by atoms with van der Waals surface area (Å²) in [6, 6.07) is 7.12. The van der Waals surface area contributed by atoms with E-state index in [-0.39, 0.29) is 18.1 Å². The largest absolute Gasteiger partial charge is 0.493 e. The number of pyridine rings is 1. The molecule has 4 heterocycles. The van der Waals surface area contributed by atoms with Crippen molar-refractivity contribution in [3.8, 4) is 34.3 Å². The highest BCUT2D eigenvalue weighted by molar-refractivity contribution is 6.27. The van der Waals surface area contributed by atoms with Crippen LogP contribution in [0.25, 0.3) is 22.0 Å². The number of ketones is 1. The number of carbonyl (C=O) groups excluding carboxylic acids is 1. The normalized spacial score (nSPS) is 18.5. The summed E-state index contributed by atoms with van der Waals surface area (Å²) in [6.45, 7) is 10.4. The van der Waals surface area contributed by atoms with Crippen molar-refractivity contribution in [2.24, 2.45) is 0 Å². The second-order valence-corrected chi connectivity index (χ2v) is 12.0. The minimum absolute atomic E-state index is 0.110. The molecule has 0 N–H and O–H groups in total. The van der Waals surface area contributed by atoms with Crippen molar-refractivity contribution >= 4 is 16.6 Å². The Labute approximate surface area is 256 Å². The van der Waals surface area contributed by atoms with E-state index in [0.29, 0.717) is 69.3 Å². The van der Waals surface area contributed by atoms with Gasteiger partial charge in [-0.2, -0.15) is 0 Å². The smallest absolute Gasteiger partial charge is 0.259 e. The summed E-state index contributed by atoms with van der Waals surface area (Å²) in [5, 5.41) is 1.02. The van der Waals surface area contributed by atoms with E-state index < -0.39 is 0 Å². The molecule has 2 aromatic carbocycles. The van der Waals surface area contributed by atoms with Gasteiger partial charge in [0.15, 0.2) is 28.8 Å². The number of piperazine rings is 1. The van der Waals surface area contributed by atoms with Crippen molar-refractivity contribution in [2.75, 3.05) is 93.1 Å². The van der Waals surface area contributed by atoms with Crippen LogP contribution in [0.15, 0.2) is 29.1 Å². The molecule has 4 aliphatic rings. The van der Waals surface area contributed by atoms with E-state index in [1.54, 1.807) is 23.8 Å². The SMILES string of the molecule is COc1cc2c(=O)n(CCCN3CCOCC3)c3c(c2cc1OCCCN1CCN(C)CC1)C(=O)c1cc2c(cc1-3)OCO2. The van der Waals surface area contributed by atoms with E-state index in [1.807, 2.05) is 12.1 Å². The average molecular weight is 605 g/mol. The van der Waals surface area contributed by atoms with Gasteiger partial charge in [-0.15, -0.1) is 0 Å². The fourth-order valence-corrected chi connectivity index (χ4v) is 6.73. The fourth-order valence-electron chi connectivity index (χ4n) is 6.73. The molecular formula is C33H40N4O7. The van der Waals surface area contributed by atoms with Crippen molar-refractivity contribution in [3.05, 3.63) is 45.7 Å². The van der Waals surface area contributed by atoms with E-state index in [0.717, 1.165) is 78.4 Å². The highest BCUT2D eigenvalue weighted by Crippen LogP contribution is 2.47. The number of aromatic nitrogens is 1. The minimum Gasteiger partial charge on any atom is -0.493 e. The Kier molecular flexibility index (Phi) is 8.19. The van der Waals surface area contributed by atoms with Gasteiger partial charge in [0, 0.05) is 75.4 Å². The summed E-state index contributed by atoms with van der Waals surface area (Å²) < 4.78 is 30.5. The number of benzene rings is 2. The Bertz CT molecular complexity index is 1620. The highest BCUT2D eigenvalue weighted by atomic mass is 16.7. The minimum atomic E-state index is -0.154. The third-order valence-electron chi connectivity index (χ3n) is 9.23. The number of carbonyl (C=O) groups is 1. The van der Waals surface area contributed by atoms with Crippen molar-refractivity contribution in [2.45, 2.75) is 19.4 Å². The molecule has 0 spiro atoms. The van der Waals surface area contributed by atoms with Crippen molar-refractivity contribution < 1.29 is 28.5 Å². The lowest BCUT2D eigenvalue weighted by atomic mass is 10.0. The summed E-state index contributed by atoms with van der Waals surface area (Å²) in [6.07, 6.45) is 1.63. The Morgan fingerprint density at radius 2 is 1.45 bits per heavy atom. The van der Waals surface area contributed by atoms with Gasteiger partial charge in [-0.1, -0.05) is 0 Å². The molecule has 11 heteroatoms. The highest BCUT2D eigenvalue weighted by Gasteiger charge is 2.36. The summed E-state index contributed by atoms with van der Waals surface area (Å²) >= 11 is 0. The first kappa shape index (κ1) is 29.1. The Balaban J connectivity index is 1.23. The fraction of sp³-hybridized carbons (Fsp3) is 0.515. The van der Waals surface area contributed by atoms with Crippen LogP contribution < -0.4 is 24.5 Å². The standard InChI is InChI=1S/C33H40N4O7/c1-34-8-10-35(11-9-34)6-4-14-42-27-17-22-25(20-26(27)40-2)33(39)37(7-3-5-36-12-15-41-16-13-36)31-23-18-28-29(44-21-43-28)19-24(23)32(38)30(22)31/h17-20H,3-16,21H2,1-2H3. The zero-order valence-electron chi connectivity index (χ0n) is 25.6. The maximum Gasteiger partial charge on any atom is 0.259 e. The summed E-state index contributed by atoms with van der Waals surface area (Å²) in [7, 11) is 3.73. The second kappa shape index (κ2) is 12.4. The molecule has 0 saturated carbocycles. The van der Waals surface area contributed by atoms with Gasteiger partial charge in [0.1, 0.15) is 0 Å². The molecule has 11 nitrogen and oxygen atoms in total. The van der Waals surface area contributed by atoms with Crippen LogP contribution in [-0.4, -0.2) is 118 Å². The molecular weight excluding hydrogens is 564 g/mol. The third kappa shape index (κ3) is 5.42. The number of likely N-dealkylation sites (N-methyl/N-ethyl adjacent to an activating group) is 1. The molecule has 7 rings (SSSR count). The summed E-state index contributed by atoms with van der Waals surface area (Å²) in [5.41, 5.74) is 2.20. The molecule has 0 amide bonds. The molecule has 2 saturated heterocycles. The summed E-state index contributed by atoms with van der Waals surface area (Å²) in [5.74, 6) is 2.00. The number of fused-ring (bicyclic) bond motifs is 6. The maximum atomic E-state index is 14.2. The molecule has 2 fully saturated rings. The van der Waals surface area contributed by atoms with Gasteiger partial charge in [-0.3, -0.25) is 14.5 Å². The topological polar surface area (TPSA) is 94.9 Å². The van der Waals surface area contributed by atoms with Gasteiger partial charge >= 0.3 is 0 Å². The van der Waals surface area contributed by atoms with Crippen LogP contribution >= 0.6 is 0 Å². The van der Waals surface area contributed by atoms with Crippen LogP contribution in [0.4, 0.5) is 0 Å². The van der Waals surface area contributed by atoms with Crippen LogP contribution in [0, 0.1) is 0 Å². The number of morpholine rings is 1. The van der Waals surface area contributed by atoms with E-state index >= 15 is 0 Å². The zero-order valence-corrected chi connectivity index (χ0v) is 25.6. The van der Waals surface area contributed by atoms with Crippen LogP contribution in [0.2, 0.25) is 0 Å². The Morgan fingerprint density at radius 3 is 2.20 bits per heavy atom. The third-order valence-corrected chi connectivity index (χ3v) is 9.23. The number of nitrogens with zero attached hydrogens (tertiary/aromatic N) is 4. The first-order chi connectivity index (χ1) is 21.5. The van der Waals surface area contributed by atoms with E-state index in [2.05, 4.69) is 21.7 Å². The van der Waals surface area contributed by atoms with Gasteiger partial charge < -0.3 is 38.1 Å². The molecule has 3 aromatic rings. The number of methoxy groups -OCH3 is 1.